The number of carbonyl (C=O) groups is 1. The summed E-state index contributed by atoms with van der Waals surface area (Å²) in [7, 11) is 0. The van der Waals surface area contributed by atoms with E-state index in [9.17, 15) is 4.79 Å². The summed E-state index contributed by atoms with van der Waals surface area (Å²) in [5.41, 5.74) is 6.65. The fraction of sp³-hybridized carbons (Fsp3) is 0.500. The molecule has 1 aromatic rings. The summed E-state index contributed by atoms with van der Waals surface area (Å²) in [5.74, 6) is 0.546. The molecule has 4 nitrogen and oxygen atoms in total. The largest absolute Gasteiger partial charge is 0.397 e. The fourth-order valence-electron chi connectivity index (χ4n) is 1.67. The molecule has 1 fully saturated rings. The van der Waals surface area contributed by atoms with Gasteiger partial charge in [0.1, 0.15) is 5.69 Å². The molecule has 0 aromatic carbocycles. The molecule has 1 amide bonds. The SMILES string of the molecule is CC1CCC1NC(=O)c1cc(N)c[nH]1. The van der Waals surface area contributed by atoms with Crippen molar-refractivity contribution in [2.75, 3.05) is 5.73 Å². The number of aromatic amines is 1. The fourth-order valence-corrected chi connectivity index (χ4v) is 1.67. The molecule has 0 radical (unpaired) electrons. The molecule has 2 rings (SSSR count). The molecule has 4 N–H and O–H groups in total. The van der Waals surface area contributed by atoms with E-state index in [1.165, 1.54) is 6.42 Å². The van der Waals surface area contributed by atoms with Crippen LogP contribution in [0.1, 0.15) is 30.3 Å². The van der Waals surface area contributed by atoms with Crippen LogP contribution >= 0.6 is 0 Å². The van der Waals surface area contributed by atoms with Gasteiger partial charge in [-0.05, 0) is 24.8 Å². The summed E-state index contributed by atoms with van der Waals surface area (Å²) in [6.07, 6.45) is 3.92. The van der Waals surface area contributed by atoms with Crippen LogP contribution in [0.2, 0.25) is 0 Å². The van der Waals surface area contributed by atoms with E-state index in [1.807, 2.05) is 0 Å². The van der Waals surface area contributed by atoms with Crippen LogP contribution in [0.25, 0.3) is 0 Å². The third kappa shape index (κ3) is 1.60. The van der Waals surface area contributed by atoms with Gasteiger partial charge in [0.2, 0.25) is 0 Å². The van der Waals surface area contributed by atoms with E-state index < -0.39 is 0 Å². The van der Waals surface area contributed by atoms with E-state index in [2.05, 4.69) is 17.2 Å². The zero-order chi connectivity index (χ0) is 10.1. The zero-order valence-corrected chi connectivity index (χ0v) is 8.21. The Morgan fingerprint density at radius 1 is 1.64 bits per heavy atom. The molecular weight excluding hydrogens is 178 g/mol. The third-order valence-corrected chi connectivity index (χ3v) is 2.89. The Labute approximate surface area is 82.9 Å². The Kier molecular flexibility index (Phi) is 2.19. The second-order valence-electron chi connectivity index (χ2n) is 3.98. The van der Waals surface area contributed by atoms with Crippen LogP contribution in [-0.2, 0) is 0 Å². The number of amides is 1. The molecule has 1 heterocycles. The molecule has 4 heteroatoms. The average Bonchev–Trinajstić information content (AvgIpc) is 2.58. The molecule has 1 saturated carbocycles. The molecule has 1 aliphatic rings. The Morgan fingerprint density at radius 2 is 2.43 bits per heavy atom. The van der Waals surface area contributed by atoms with Gasteiger partial charge in [0.25, 0.3) is 5.91 Å². The topological polar surface area (TPSA) is 70.9 Å². The van der Waals surface area contributed by atoms with Gasteiger partial charge in [0.15, 0.2) is 0 Å². The van der Waals surface area contributed by atoms with Crippen molar-refractivity contribution >= 4 is 11.6 Å². The normalized spacial score (nSPS) is 25.5. The Bertz CT molecular complexity index is 345. The summed E-state index contributed by atoms with van der Waals surface area (Å²) in [6.45, 7) is 2.15. The van der Waals surface area contributed by atoms with Crippen LogP contribution < -0.4 is 11.1 Å². The maximum absolute atomic E-state index is 11.6. The number of hydrogen-bond donors (Lipinski definition) is 3. The molecular formula is C10H15N3O. The van der Waals surface area contributed by atoms with E-state index in [0.717, 1.165) is 6.42 Å². The quantitative estimate of drug-likeness (QED) is 0.658. The van der Waals surface area contributed by atoms with Crippen molar-refractivity contribution < 1.29 is 4.79 Å². The first-order chi connectivity index (χ1) is 6.66. The van der Waals surface area contributed by atoms with Crippen molar-refractivity contribution in [2.24, 2.45) is 5.92 Å². The van der Waals surface area contributed by atoms with E-state index in [1.54, 1.807) is 12.3 Å². The highest BCUT2D eigenvalue weighted by atomic mass is 16.1. The van der Waals surface area contributed by atoms with Gasteiger partial charge >= 0.3 is 0 Å². The molecule has 0 aliphatic heterocycles. The second kappa shape index (κ2) is 3.36. The maximum Gasteiger partial charge on any atom is 0.267 e. The van der Waals surface area contributed by atoms with E-state index in [4.69, 9.17) is 5.73 Å². The molecule has 0 spiro atoms. The molecule has 1 aromatic heterocycles. The van der Waals surface area contributed by atoms with E-state index in [0.29, 0.717) is 23.3 Å². The lowest BCUT2D eigenvalue weighted by molar-refractivity contribution is 0.0880. The molecule has 2 unspecified atom stereocenters. The standard InChI is InChI=1S/C10H15N3O/c1-6-2-3-8(6)13-10(14)9-4-7(11)5-12-9/h4-6,8,12H,2-3,11H2,1H3,(H,13,14). The number of aromatic nitrogens is 1. The summed E-state index contributed by atoms with van der Waals surface area (Å²) in [5, 5.41) is 2.97. The number of H-pyrrole nitrogens is 1. The zero-order valence-electron chi connectivity index (χ0n) is 8.21. The minimum atomic E-state index is -0.0572. The highest BCUT2D eigenvalue weighted by Gasteiger charge is 2.28. The van der Waals surface area contributed by atoms with Crippen LogP contribution in [0.3, 0.4) is 0 Å². The number of nitrogens with two attached hydrogens (primary N) is 1. The van der Waals surface area contributed by atoms with Crippen molar-refractivity contribution in [2.45, 2.75) is 25.8 Å². The lowest BCUT2D eigenvalue weighted by atomic mass is 9.81. The van der Waals surface area contributed by atoms with Crippen molar-refractivity contribution in [3.63, 3.8) is 0 Å². The summed E-state index contributed by atoms with van der Waals surface area (Å²) < 4.78 is 0. The number of rotatable bonds is 2. The second-order valence-corrected chi connectivity index (χ2v) is 3.98. The van der Waals surface area contributed by atoms with Gasteiger partial charge in [-0.1, -0.05) is 6.92 Å². The van der Waals surface area contributed by atoms with E-state index in [-0.39, 0.29) is 5.91 Å². The lowest BCUT2D eigenvalue weighted by Crippen LogP contribution is -2.45. The van der Waals surface area contributed by atoms with Gasteiger partial charge in [-0.3, -0.25) is 4.79 Å². The number of hydrogen-bond acceptors (Lipinski definition) is 2. The predicted molar refractivity (Wildman–Crippen MR) is 54.9 cm³/mol. The minimum absolute atomic E-state index is 0.0572. The first-order valence-electron chi connectivity index (χ1n) is 4.91. The van der Waals surface area contributed by atoms with Crippen LogP contribution in [0.15, 0.2) is 12.3 Å². The van der Waals surface area contributed by atoms with Crippen molar-refractivity contribution in [1.82, 2.24) is 10.3 Å². The summed E-state index contributed by atoms with van der Waals surface area (Å²) >= 11 is 0. The van der Waals surface area contributed by atoms with Crippen LogP contribution in [0, 0.1) is 5.92 Å². The number of anilines is 1. The van der Waals surface area contributed by atoms with Gasteiger partial charge in [0, 0.05) is 17.9 Å². The molecule has 14 heavy (non-hydrogen) atoms. The van der Waals surface area contributed by atoms with E-state index >= 15 is 0 Å². The van der Waals surface area contributed by atoms with Crippen LogP contribution in [0.4, 0.5) is 5.69 Å². The molecule has 0 bridgehead atoms. The van der Waals surface area contributed by atoms with Crippen molar-refractivity contribution in [3.05, 3.63) is 18.0 Å². The van der Waals surface area contributed by atoms with Crippen molar-refractivity contribution in [1.29, 1.82) is 0 Å². The van der Waals surface area contributed by atoms with Gasteiger partial charge < -0.3 is 16.0 Å². The molecule has 76 valence electrons. The first-order valence-corrected chi connectivity index (χ1v) is 4.91. The van der Waals surface area contributed by atoms with Gasteiger partial charge in [-0.2, -0.15) is 0 Å². The number of carbonyl (C=O) groups excluding carboxylic acids is 1. The Hall–Kier alpha value is -1.45. The highest BCUT2D eigenvalue weighted by Crippen LogP contribution is 2.26. The van der Waals surface area contributed by atoms with Gasteiger partial charge in [-0.15, -0.1) is 0 Å². The van der Waals surface area contributed by atoms with Crippen LogP contribution in [-0.4, -0.2) is 16.9 Å². The van der Waals surface area contributed by atoms with Gasteiger partial charge in [-0.25, -0.2) is 0 Å². The monoisotopic (exact) mass is 193 g/mol. The Balaban J connectivity index is 1.95. The van der Waals surface area contributed by atoms with Crippen molar-refractivity contribution in [3.8, 4) is 0 Å². The number of nitrogens with one attached hydrogen (secondary N) is 2. The number of nitrogen functional groups attached to an aromatic ring is 1. The lowest BCUT2D eigenvalue weighted by Gasteiger charge is -2.34. The summed E-state index contributed by atoms with van der Waals surface area (Å²) in [6, 6.07) is 1.99. The Morgan fingerprint density at radius 3 is 2.86 bits per heavy atom. The molecule has 1 aliphatic carbocycles. The molecule has 0 saturated heterocycles. The minimum Gasteiger partial charge on any atom is -0.397 e. The van der Waals surface area contributed by atoms with Crippen LogP contribution in [0.5, 0.6) is 0 Å². The summed E-state index contributed by atoms with van der Waals surface area (Å²) in [4.78, 5) is 14.4. The highest BCUT2D eigenvalue weighted by molar-refractivity contribution is 5.93. The smallest absolute Gasteiger partial charge is 0.267 e. The average molecular weight is 193 g/mol. The first kappa shape index (κ1) is 9.12. The predicted octanol–water partition coefficient (Wildman–Crippen LogP) is 1.13. The molecule has 2 atom stereocenters. The maximum atomic E-state index is 11.6. The third-order valence-electron chi connectivity index (χ3n) is 2.89. The van der Waals surface area contributed by atoms with Gasteiger partial charge in [0.05, 0.1) is 0 Å².